The molecule has 0 saturated carbocycles. The number of hydrogen-bond donors (Lipinski definition) is 1. The highest BCUT2D eigenvalue weighted by molar-refractivity contribution is 5.45. The number of benzene rings is 1. The van der Waals surface area contributed by atoms with E-state index in [9.17, 15) is 9.90 Å². The molecule has 1 N–H and O–H groups in total. The lowest BCUT2D eigenvalue weighted by Gasteiger charge is -2.05. The third-order valence-electron chi connectivity index (χ3n) is 2.24. The van der Waals surface area contributed by atoms with Gasteiger partial charge in [0.05, 0.1) is 12.5 Å². The summed E-state index contributed by atoms with van der Waals surface area (Å²) >= 11 is 0. The molecule has 1 unspecified atom stereocenters. The molecule has 0 radical (unpaired) electrons. The topological polar surface area (TPSA) is 55.8 Å². The first-order valence-corrected chi connectivity index (χ1v) is 4.32. The molecule has 0 aliphatic carbocycles. The summed E-state index contributed by atoms with van der Waals surface area (Å²) in [4.78, 5) is 10.0. The van der Waals surface area contributed by atoms with Crippen molar-refractivity contribution in [1.29, 1.82) is 0 Å². The van der Waals surface area contributed by atoms with Crippen LogP contribution in [0.1, 0.15) is 11.5 Å². The van der Waals surface area contributed by atoms with Crippen molar-refractivity contribution in [3.8, 4) is 11.5 Å². The van der Waals surface area contributed by atoms with Crippen LogP contribution < -0.4 is 4.74 Å². The predicted octanol–water partition coefficient (Wildman–Crippen LogP) is 1.04. The van der Waals surface area contributed by atoms with Crippen LogP contribution in [0.25, 0.3) is 0 Å². The van der Waals surface area contributed by atoms with Gasteiger partial charge in [-0.3, -0.25) is 4.79 Å². The maximum atomic E-state index is 10.0. The Morgan fingerprint density at radius 3 is 3.29 bits per heavy atom. The number of carbonyl (C=O) groups is 1. The number of rotatable bonds is 3. The Hall–Kier alpha value is -1.71. The molecular weight excluding hydrogens is 184 g/mol. The van der Waals surface area contributed by atoms with E-state index < -0.39 is 0 Å². The van der Waals surface area contributed by atoms with E-state index in [4.69, 9.17) is 4.74 Å². The van der Waals surface area contributed by atoms with Crippen LogP contribution in [-0.4, -0.2) is 24.8 Å². The minimum absolute atomic E-state index is 0.0794. The number of fused-ring (bicyclic) bond motifs is 1. The monoisotopic (exact) mass is 194 g/mol. The van der Waals surface area contributed by atoms with Gasteiger partial charge in [-0.15, -0.1) is 0 Å². The van der Waals surface area contributed by atoms with Crippen LogP contribution in [0.3, 0.4) is 0 Å². The number of carbonyl (C=O) groups excluding carboxylic acids is 1. The molecule has 14 heavy (non-hydrogen) atoms. The van der Waals surface area contributed by atoms with Crippen molar-refractivity contribution < 1.29 is 19.4 Å². The molecule has 74 valence electrons. The minimum atomic E-state index is 0.0794. The number of phenolic OH excluding ortho intramolecular Hbond substituents is 1. The van der Waals surface area contributed by atoms with E-state index in [0.29, 0.717) is 25.4 Å². The van der Waals surface area contributed by atoms with Crippen molar-refractivity contribution in [2.24, 2.45) is 0 Å². The van der Waals surface area contributed by atoms with Crippen LogP contribution in [-0.2, 0) is 9.53 Å². The third kappa shape index (κ3) is 1.51. The fourth-order valence-electron chi connectivity index (χ4n) is 1.56. The zero-order valence-corrected chi connectivity index (χ0v) is 7.47. The first kappa shape index (κ1) is 8.87. The molecule has 4 heteroatoms. The molecular formula is C10H10O4. The fraction of sp³-hybridized carbons (Fsp3) is 0.300. The van der Waals surface area contributed by atoms with E-state index in [1.807, 2.05) is 0 Å². The molecule has 1 aromatic rings. The van der Waals surface area contributed by atoms with Gasteiger partial charge in [-0.05, 0) is 6.07 Å². The average molecular weight is 194 g/mol. The van der Waals surface area contributed by atoms with Crippen LogP contribution in [0.2, 0.25) is 0 Å². The number of phenols is 1. The summed E-state index contributed by atoms with van der Waals surface area (Å²) < 4.78 is 10.0. The van der Waals surface area contributed by atoms with Gasteiger partial charge in [0.2, 0.25) is 0 Å². The van der Waals surface area contributed by atoms with Gasteiger partial charge in [-0.2, -0.15) is 0 Å². The Morgan fingerprint density at radius 2 is 2.50 bits per heavy atom. The highest BCUT2D eigenvalue weighted by Gasteiger charge is 2.24. The van der Waals surface area contributed by atoms with Crippen molar-refractivity contribution in [1.82, 2.24) is 0 Å². The number of ether oxygens (including phenoxy) is 2. The fourth-order valence-corrected chi connectivity index (χ4v) is 1.56. The zero-order valence-electron chi connectivity index (χ0n) is 7.47. The first-order valence-electron chi connectivity index (χ1n) is 4.32. The van der Waals surface area contributed by atoms with Gasteiger partial charge in [0.1, 0.15) is 18.1 Å². The lowest BCUT2D eigenvalue weighted by molar-refractivity contribution is -0.129. The molecule has 1 heterocycles. The average Bonchev–Trinajstić information content (AvgIpc) is 2.57. The van der Waals surface area contributed by atoms with E-state index in [1.54, 1.807) is 18.2 Å². The Labute approximate surface area is 81.1 Å². The molecule has 0 fully saturated rings. The van der Waals surface area contributed by atoms with Crippen LogP contribution in [0.4, 0.5) is 0 Å². The quantitative estimate of drug-likeness (QED) is 0.730. The largest absolute Gasteiger partial charge is 0.508 e. The molecule has 0 bridgehead atoms. The van der Waals surface area contributed by atoms with Crippen LogP contribution >= 0.6 is 0 Å². The summed E-state index contributed by atoms with van der Waals surface area (Å²) in [5.41, 5.74) is 0.977. The van der Waals surface area contributed by atoms with Gasteiger partial charge in [-0.25, -0.2) is 0 Å². The molecule has 1 aromatic carbocycles. The van der Waals surface area contributed by atoms with Crippen molar-refractivity contribution in [2.45, 2.75) is 5.92 Å². The van der Waals surface area contributed by atoms with Crippen molar-refractivity contribution in [2.75, 3.05) is 13.2 Å². The molecule has 0 amide bonds. The lowest BCUT2D eigenvalue weighted by atomic mass is 10.0. The van der Waals surface area contributed by atoms with Gasteiger partial charge < -0.3 is 14.6 Å². The van der Waals surface area contributed by atoms with E-state index in [1.165, 1.54) is 0 Å². The van der Waals surface area contributed by atoms with E-state index in [-0.39, 0.29) is 11.7 Å². The smallest absolute Gasteiger partial charge is 0.293 e. The van der Waals surface area contributed by atoms with Crippen molar-refractivity contribution >= 4 is 6.47 Å². The zero-order chi connectivity index (χ0) is 9.97. The molecule has 0 spiro atoms. The summed E-state index contributed by atoms with van der Waals surface area (Å²) in [6, 6.07) is 4.95. The van der Waals surface area contributed by atoms with Crippen LogP contribution in [0.15, 0.2) is 18.2 Å². The summed E-state index contributed by atoms with van der Waals surface area (Å²) in [7, 11) is 0. The lowest BCUT2D eigenvalue weighted by Crippen LogP contribution is -2.08. The van der Waals surface area contributed by atoms with E-state index in [2.05, 4.69) is 4.74 Å². The maximum Gasteiger partial charge on any atom is 0.293 e. The standard InChI is InChI=1S/C10H10O4/c11-6-13-4-7-5-14-10-3-8(12)1-2-9(7)10/h1-3,6-7,12H,4-5H2. The highest BCUT2D eigenvalue weighted by atomic mass is 16.5. The van der Waals surface area contributed by atoms with E-state index in [0.717, 1.165) is 5.56 Å². The predicted molar refractivity (Wildman–Crippen MR) is 48.4 cm³/mol. The summed E-state index contributed by atoms with van der Waals surface area (Å²) in [5.74, 6) is 0.931. The van der Waals surface area contributed by atoms with Gasteiger partial charge >= 0.3 is 0 Å². The molecule has 1 atom stereocenters. The summed E-state index contributed by atoms with van der Waals surface area (Å²) in [6.45, 7) is 1.24. The van der Waals surface area contributed by atoms with Gasteiger partial charge in [0.25, 0.3) is 6.47 Å². The Bertz CT molecular complexity index is 348. The van der Waals surface area contributed by atoms with Crippen LogP contribution in [0, 0.1) is 0 Å². The SMILES string of the molecule is O=COCC1COc2cc(O)ccc21. The van der Waals surface area contributed by atoms with Crippen molar-refractivity contribution in [3.63, 3.8) is 0 Å². The minimum Gasteiger partial charge on any atom is -0.508 e. The second kappa shape index (κ2) is 3.57. The van der Waals surface area contributed by atoms with Crippen molar-refractivity contribution in [3.05, 3.63) is 23.8 Å². The van der Waals surface area contributed by atoms with E-state index >= 15 is 0 Å². The second-order valence-electron chi connectivity index (χ2n) is 3.16. The first-order chi connectivity index (χ1) is 6.81. The molecule has 2 rings (SSSR count). The molecule has 0 aromatic heterocycles. The van der Waals surface area contributed by atoms with Crippen LogP contribution in [0.5, 0.6) is 11.5 Å². The molecule has 1 aliphatic heterocycles. The number of aromatic hydroxyl groups is 1. The molecule has 0 saturated heterocycles. The van der Waals surface area contributed by atoms with Gasteiger partial charge in [-0.1, -0.05) is 6.07 Å². The Kier molecular flexibility index (Phi) is 2.26. The number of hydrogen-bond acceptors (Lipinski definition) is 4. The molecule has 1 aliphatic rings. The van der Waals surface area contributed by atoms with Gasteiger partial charge in [0.15, 0.2) is 0 Å². The highest BCUT2D eigenvalue weighted by Crippen LogP contribution is 2.36. The summed E-state index contributed by atoms with van der Waals surface area (Å²) in [6.07, 6.45) is 0. The normalized spacial score (nSPS) is 18.4. The Balaban J connectivity index is 2.18. The Morgan fingerprint density at radius 1 is 1.64 bits per heavy atom. The second-order valence-corrected chi connectivity index (χ2v) is 3.16. The summed E-state index contributed by atoms with van der Waals surface area (Å²) in [5, 5.41) is 9.19. The maximum absolute atomic E-state index is 10.0. The van der Waals surface area contributed by atoms with Gasteiger partial charge in [0, 0.05) is 11.6 Å². The third-order valence-corrected chi connectivity index (χ3v) is 2.24. The molecule has 4 nitrogen and oxygen atoms in total.